The van der Waals surface area contributed by atoms with Crippen molar-refractivity contribution in [1.82, 2.24) is 9.88 Å². The van der Waals surface area contributed by atoms with Crippen LogP contribution in [0.5, 0.6) is 0 Å². The number of carbonyl (C=O) groups is 1. The molecule has 0 radical (unpaired) electrons. The Hall–Kier alpha value is -1.18. The van der Waals surface area contributed by atoms with Crippen LogP contribution in [0.25, 0.3) is 0 Å². The van der Waals surface area contributed by atoms with E-state index in [9.17, 15) is 4.79 Å². The van der Waals surface area contributed by atoms with Crippen molar-refractivity contribution in [3.63, 3.8) is 0 Å². The number of rotatable bonds is 5. The van der Waals surface area contributed by atoms with Crippen LogP contribution in [0, 0.1) is 0 Å². The quantitative estimate of drug-likeness (QED) is 0.834. The van der Waals surface area contributed by atoms with E-state index < -0.39 is 0 Å². The molecule has 1 amide bonds. The van der Waals surface area contributed by atoms with Crippen molar-refractivity contribution in [1.29, 1.82) is 0 Å². The third-order valence-corrected chi connectivity index (χ3v) is 4.24. The molecule has 5 nitrogen and oxygen atoms in total. The van der Waals surface area contributed by atoms with Gasteiger partial charge in [0.15, 0.2) is 5.17 Å². The van der Waals surface area contributed by atoms with Crippen LogP contribution >= 0.6 is 23.1 Å². The molecule has 7 heteroatoms. The summed E-state index contributed by atoms with van der Waals surface area (Å²) >= 11 is 2.80. The lowest BCUT2D eigenvalue weighted by molar-refractivity contribution is -0.126. The average Bonchev–Trinajstić information content (AvgIpc) is 2.95. The van der Waals surface area contributed by atoms with Crippen molar-refractivity contribution in [2.75, 3.05) is 13.2 Å². The monoisotopic (exact) mass is 283 g/mol. The SMILES string of the molecule is C=CCN1C(=O)C(CCO)SC1=Nc1nccs1. The van der Waals surface area contributed by atoms with E-state index in [2.05, 4.69) is 16.6 Å². The lowest BCUT2D eigenvalue weighted by Crippen LogP contribution is -2.32. The molecule has 0 aliphatic carbocycles. The van der Waals surface area contributed by atoms with Crippen molar-refractivity contribution in [3.05, 3.63) is 24.2 Å². The van der Waals surface area contributed by atoms with E-state index in [1.165, 1.54) is 23.1 Å². The maximum absolute atomic E-state index is 12.1. The van der Waals surface area contributed by atoms with Crippen molar-refractivity contribution in [3.8, 4) is 0 Å². The third kappa shape index (κ3) is 2.80. The number of nitrogens with zero attached hydrogens (tertiary/aromatic N) is 3. The number of aliphatic hydroxyl groups is 1. The molecule has 1 aromatic heterocycles. The molecule has 1 N–H and O–H groups in total. The van der Waals surface area contributed by atoms with Gasteiger partial charge in [0.25, 0.3) is 0 Å². The molecule has 1 aromatic rings. The molecule has 1 fully saturated rings. The van der Waals surface area contributed by atoms with Gasteiger partial charge in [0.2, 0.25) is 11.0 Å². The molecule has 2 rings (SSSR count). The van der Waals surface area contributed by atoms with Crippen molar-refractivity contribution >= 4 is 39.3 Å². The first-order chi connectivity index (χ1) is 8.76. The number of hydrogen-bond donors (Lipinski definition) is 1. The second-order valence-corrected chi connectivity index (χ2v) is 5.61. The topological polar surface area (TPSA) is 65.8 Å². The Labute approximate surface area is 113 Å². The predicted molar refractivity (Wildman–Crippen MR) is 74.2 cm³/mol. The molecule has 0 saturated carbocycles. The van der Waals surface area contributed by atoms with E-state index in [1.54, 1.807) is 17.2 Å². The average molecular weight is 283 g/mol. The summed E-state index contributed by atoms with van der Waals surface area (Å²) in [5.74, 6) is -0.0238. The molecule has 1 aliphatic rings. The molecule has 1 atom stereocenters. The van der Waals surface area contributed by atoms with Gasteiger partial charge in [0.1, 0.15) is 0 Å². The highest BCUT2D eigenvalue weighted by molar-refractivity contribution is 8.15. The number of thioether (sulfide) groups is 1. The minimum Gasteiger partial charge on any atom is -0.396 e. The fourth-order valence-electron chi connectivity index (χ4n) is 1.55. The Morgan fingerprint density at radius 3 is 3.11 bits per heavy atom. The highest BCUT2D eigenvalue weighted by atomic mass is 32.2. The van der Waals surface area contributed by atoms with E-state index in [4.69, 9.17) is 5.11 Å². The second-order valence-electron chi connectivity index (χ2n) is 3.57. The summed E-state index contributed by atoms with van der Waals surface area (Å²) in [6.45, 7) is 4.07. The molecule has 1 saturated heterocycles. The fraction of sp³-hybridized carbons (Fsp3) is 0.364. The molecular weight excluding hydrogens is 270 g/mol. The number of aromatic nitrogens is 1. The molecule has 0 aromatic carbocycles. The first-order valence-corrected chi connectivity index (χ1v) is 7.20. The summed E-state index contributed by atoms with van der Waals surface area (Å²) in [6, 6.07) is 0. The zero-order chi connectivity index (χ0) is 13.0. The number of hydrogen-bond acceptors (Lipinski definition) is 6. The Balaban J connectivity index is 2.22. The molecule has 96 valence electrons. The fourth-order valence-corrected chi connectivity index (χ4v) is 3.24. The lowest BCUT2D eigenvalue weighted by atomic mass is 10.3. The number of thiazole rings is 1. The van der Waals surface area contributed by atoms with Crippen molar-refractivity contribution < 1.29 is 9.90 Å². The third-order valence-electron chi connectivity index (χ3n) is 2.33. The maximum Gasteiger partial charge on any atom is 0.242 e. The summed E-state index contributed by atoms with van der Waals surface area (Å²) < 4.78 is 0. The number of amides is 1. The van der Waals surface area contributed by atoms with Gasteiger partial charge in [0, 0.05) is 24.7 Å². The van der Waals surface area contributed by atoms with Crippen molar-refractivity contribution in [2.24, 2.45) is 4.99 Å². The molecule has 1 unspecified atom stereocenters. The molecule has 18 heavy (non-hydrogen) atoms. The van der Waals surface area contributed by atoms with Gasteiger partial charge in [-0.25, -0.2) is 4.98 Å². The standard InChI is InChI=1S/C11H13N3O2S2/c1-2-5-14-9(16)8(3-6-15)18-11(14)13-10-12-4-7-17-10/h2,4,7-8,15H,1,3,5-6H2. The number of aliphatic imine (C=N–C) groups is 1. The maximum atomic E-state index is 12.1. The van der Waals surface area contributed by atoms with Gasteiger partial charge in [0.05, 0.1) is 5.25 Å². The van der Waals surface area contributed by atoms with Crippen LogP contribution in [-0.2, 0) is 4.79 Å². The van der Waals surface area contributed by atoms with Crippen LogP contribution in [-0.4, -0.2) is 44.5 Å². The number of amidine groups is 1. The van der Waals surface area contributed by atoms with Gasteiger partial charge < -0.3 is 5.11 Å². The zero-order valence-corrected chi connectivity index (χ0v) is 11.3. The highest BCUT2D eigenvalue weighted by Gasteiger charge is 2.36. The summed E-state index contributed by atoms with van der Waals surface area (Å²) in [5, 5.41) is 11.8. The van der Waals surface area contributed by atoms with Crippen molar-refractivity contribution in [2.45, 2.75) is 11.7 Å². The van der Waals surface area contributed by atoms with E-state index in [-0.39, 0.29) is 17.8 Å². The molecule has 0 spiro atoms. The van der Waals surface area contributed by atoms with E-state index in [0.29, 0.717) is 23.3 Å². The van der Waals surface area contributed by atoms with E-state index in [1.807, 2.05) is 5.38 Å². The van der Waals surface area contributed by atoms with Gasteiger partial charge in [-0.15, -0.1) is 17.9 Å². The van der Waals surface area contributed by atoms with E-state index >= 15 is 0 Å². The number of carbonyl (C=O) groups excluding carboxylic acids is 1. The summed E-state index contributed by atoms with van der Waals surface area (Å²) in [4.78, 5) is 22.1. The van der Waals surface area contributed by atoms with Gasteiger partial charge in [-0.2, -0.15) is 4.99 Å². The molecular formula is C11H13N3O2S2. The minimum atomic E-state index is -0.256. The van der Waals surface area contributed by atoms with Crippen LogP contribution in [0.15, 0.2) is 29.2 Å². The van der Waals surface area contributed by atoms with Crippen LogP contribution in [0.3, 0.4) is 0 Å². The molecule has 0 bridgehead atoms. The van der Waals surface area contributed by atoms with Gasteiger partial charge in [-0.3, -0.25) is 9.69 Å². The Morgan fingerprint density at radius 1 is 1.67 bits per heavy atom. The second kappa shape index (κ2) is 6.12. The van der Waals surface area contributed by atoms with Gasteiger partial charge in [-0.05, 0) is 6.42 Å². The Bertz CT molecular complexity index is 459. The Morgan fingerprint density at radius 2 is 2.50 bits per heavy atom. The van der Waals surface area contributed by atoms with Gasteiger partial charge >= 0.3 is 0 Å². The summed E-state index contributed by atoms with van der Waals surface area (Å²) in [5.41, 5.74) is 0. The lowest BCUT2D eigenvalue weighted by Gasteiger charge is -2.12. The first-order valence-electron chi connectivity index (χ1n) is 5.44. The van der Waals surface area contributed by atoms with Gasteiger partial charge in [-0.1, -0.05) is 17.8 Å². The summed E-state index contributed by atoms with van der Waals surface area (Å²) in [7, 11) is 0. The number of aliphatic hydroxyl groups excluding tert-OH is 1. The Kier molecular flexibility index (Phi) is 4.51. The molecule has 2 heterocycles. The predicted octanol–water partition coefficient (Wildman–Crippen LogP) is 1.64. The largest absolute Gasteiger partial charge is 0.396 e. The van der Waals surface area contributed by atoms with Crippen LogP contribution in [0.2, 0.25) is 0 Å². The highest BCUT2D eigenvalue weighted by Crippen LogP contribution is 2.31. The first kappa shape index (κ1) is 13.3. The smallest absolute Gasteiger partial charge is 0.242 e. The zero-order valence-electron chi connectivity index (χ0n) is 9.65. The molecule has 1 aliphatic heterocycles. The van der Waals surface area contributed by atoms with Crippen LogP contribution in [0.4, 0.5) is 5.13 Å². The van der Waals surface area contributed by atoms with Crippen LogP contribution < -0.4 is 0 Å². The van der Waals surface area contributed by atoms with Crippen LogP contribution in [0.1, 0.15) is 6.42 Å². The van der Waals surface area contributed by atoms with E-state index in [0.717, 1.165) is 0 Å². The normalized spacial score (nSPS) is 21.8. The summed E-state index contributed by atoms with van der Waals surface area (Å²) in [6.07, 6.45) is 3.78. The minimum absolute atomic E-state index is 0.00410.